The second kappa shape index (κ2) is 61.4. The SMILES string of the molecule is CC/C=C\C/C=C\C/C=C\C/C=C\C/C=C\C/C=C\C/C=C\C/C=C\C/C=C\CCCCCC(=O)OCC(COC(=O)CCCCCCCCCCCC)OC(=O)CCCCCCC/C=C\CCCCCCCC. The van der Waals surface area contributed by atoms with Gasteiger partial charge in [0, 0.05) is 19.3 Å². The summed E-state index contributed by atoms with van der Waals surface area (Å²) >= 11 is 0. The van der Waals surface area contributed by atoms with E-state index in [0.717, 1.165) is 135 Å². The van der Waals surface area contributed by atoms with Crippen molar-refractivity contribution in [2.75, 3.05) is 13.2 Å². The molecule has 0 saturated heterocycles. The third-order valence-corrected chi connectivity index (χ3v) is 12.7. The molecule has 0 aliphatic rings. The summed E-state index contributed by atoms with van der Waals surface area (Å²) in [6, 6.07) is 0. The Labute approximate surface area is 456 Å². The van der Waals surface area contributed by atoms with Gasteiger partial charge in [-0.2, -0.15) is 0 Å². The highest BCUT2D eigenvalue weighted by molar-refractivity contribution is 5.71. The minimum Gasteiger partial charge on any atom is -0.462 e. The predicted molar refractivity (Wildman–Crippen MR) is 320 cm³/mol. The molecule has 6 heteroatoms. The second-order valence-corrected chi connectivity index (χ2v) is 19.9. The largest absolute Gasteiger partial charge is 0.462 e. The van der Waals surface area contributed by atoms with Gasteiger partial charge in [-0.1, -0.05) is 258 Å². The molecule has 1 atom stereocenters. The van der Waals surface area contributed by atoms with Crippen molar-refractivity contribution in [2.24, 2.45) is 0 Å². The average Bonchev–Trinajstić information content (AvgIpc) is 3.40. The fourth-order valence-corrected chi connectivity index (χ4v) is 8.13. The molecule has 0 bridgehead atoms. The summed E-state index contributed by atoms with van der Waals surface area (Å²) in [4.78, 5) is 38.1. The molecule has 0 heterocycles. The van der Waals surface area contributed by atoms with Crippen molar-refractivity contribution in [1.82, 2.24) is 0 Å². The Hall–Kier alpha value is -4.19. The molecule has 420 valence electrons. The number of unbranched alkanes of at least 4 members (excludes halogenated alkanes) is 23. The summed E-state index contributed by atoms with van der Waals surface area (Å²) in [5.41, 5.74) is 0. The molecular formula is C68H112O6. The molecule has 0 aliphatic heterocycles. The van der Waals surface area contributed by atoms with Gasteiger partial charge in [-0.3, -0.25) is 14.4 Å². The summed E-state index contributed by atoms with van der Waals surface area (Å²) in [6.07, 6.45) is 84.9. The first-order chi connectivity index (χ1) is 36.5. The van der Waals surface area contributed by atoms with E-state index in [9.17, 15) is 14.4 Å². The van der Waals surface area contributed by atoms with Gasteiger partial charge in [-0.05, 0) is 116 Å². The zero-order valence-electron chi connectivity index (χ0n) is 48.1. The van der Waals surface area contributed by atoms with Gasteiger partial charge in [-0.25, -0.2) is 0 Å². The Morgan fingerprint density at radius 1 is 0.284 bits per heavy atom. The first-order valence-corrected chi connectivity index (χ1v) is 30.5. The highest BCUT2D eigenvalue weighted by atomic mass is 16.6. The molecule has 0 rings (SSSR count). The number of carbonyl (C=O) groups is 3. The molecule has 0 aliphatic carbocycles. The number of esters is 3. The van der Waals surface area contributed by atoms with Crippen LogP contribution in [0, 0.1) is 0 Å². The maximum Gasteiger partial charge on any atom is 0.306 e. The molecule has 0 aromatic heterocycles. The van der Waals surface area contributed by atoms with Crippen LogP contribution in [-0.2, 0) is 28.6 Å². The summed E-state index contributed by atoms with van der Waals surface area (Å²) in [5, 5.41) is 0. The lowest BCUT2D eigenvalue weighted by molar-refractivity contribution is -0.167. The standard InChI is InChI=1S/C68H112O6/c1-4-7-10-13-16-19-22-24-26-27-28-29-30-31-32-33-34-35-36-37-38-39-40-41-43-44-46-49-52-55-58-61-67(70)73-64-65(63-72-66(69)60-57-54-51-48-21-18-15-12-9-6-3)74-68(71)62-59-56-53-50-47-45-42-25-23-20-17-14-11-8-5-2/h7,10,16,19,24-26,28-29,31-32,34-35,37-38,40-42,44,46,65H,4-6,8-9,11-15,17-18,20-23,27,30,33,36,39,43,45,47-64H2,1-3H3/b10-7-,19-16-,26-24-,29-28-,32-31-,35-34-,38-37-,41-40-,42-25-,46-44-. The lowest BCUT2D eigenvalue weighted by Gasteiger charge is -2.18. The lowest BCUT2D eigenvalue weighted by atomic mass is 10.1. The van der Waals surface area contributed by atoms with Gasteiger partial charge in [0.1, 0.15) is 13.2 Å². The molecule has 0 N–H and O–H groups in total. The van der Waals surface area contributed by atoms with Gasteiger partial charge < -0.3 is 14.2 Å². The molecule has 0 fully saturated rings. The molecule has 6 nitrogen and oxygen atoms in total. The van der Waals surface area contributed by atoms with E-state index < -0.39 is 6.10 Å². The Morgan fingerprint density at radius 2 is 0.527 bits per heavy atom. The zero-order chi connectivity index (χ0) is 53.6. The zero-order valence-corrected chi connectivity index (χ0v) is 48.1. The van der Waals surface area contributed by atoms with Crippen molar-refractivity contribution in [3.05, 3.63) is 122 Å². The van der Waals surface area contributed by atoms with Gasteiger partial charge in [0.25, 0.3) is 0 Å². The first-order valence-electron chi connectivity index (χ1n) is 30.5. The lowest BCUT2D eigenvalue weighted by Crippen LogP contribution is -2.30. The number of hydrogen-bond acceptors (Lipinski definition) is 6. The van der Waals surface area contributed by atoms with Crippen LogP contribution < -0.4 is 0 Å². The van der Waals surface area contributed by atoms with Gasteiger partial charge in [0.15, 0.2) is 6.10 Å². The van der Waals surface area contributed by atoms with Crippen LogP contribution in [0.2, 0.25) is 0 Å². The number of hydrogen-bond donors (Lipinski definition) is 0. The van der Waals surface area contributed by atoms with E-state index in [2.05, 4.69) is 142 Å². The Balaban J connectivity index is 4.32. The first kappa shape index (κ1) is 69.8. The summed E-state index contributed by atoms with van der Waals surface area (Å²) in [5.74, 6) is -0.936. The number of allylic oxidation sites excluding steroid dienone is 20. The molecular weight excluding hydrogens is 913 g/mol. The van der Waals surface area contributed by atoms with Crippen molar-refractivity contribution in [1.29, 1.82) is 0 Å². The van der Waals surface area contributed by atoms with Crippen LogP contribution in [0.15, 0.2) is 122 Å². The van der Waals surface area contributed by atoms with Crippen LogP contribution >= 0.6 is 0 Å². The minimum atomic E-state index is -0.796. The highest BCUT2D eigenvalue weighted by Crippen LogP contribution is 2.14. The van der Waals surface area contributed by atoms with E-state index in [4.69, 9.17) is 14.2 Å². The van der Waals surface area contributed by atoms with E-state index in [1.165, 1.54) is 96.3 Å². The quantitative estimate of drug-likeness (QED) is 0.0261. The number of ether oxygens (including phenoxy) is 3. The smallest absolute Gasteiger partial charge is 0.306 e. The summed E-state index contributed by atoms with van der Waals surface area (Å²) < 4.78 is 16.8. The third kappa shape index (κ3) is 58.7. The van der Waals surface area contributed by atoms with Crippen LogP contribution in [0.3, 0.4) is 0 Å². The molecule has 0 saturated carbocycles. The normalized spacial score (nSPS) is 13.0. The topological polar surface area (TPSA) is 78.9 Å². The number of rotatable bonds is 54. The van der Waals surface area contributed by atoms with Crippen LogP contribution in [0.1, 0.15) is 271 Å². The van der Waals surface area contributed by atoms with Gasteiger partial charge in [0.05, 0.1) is 0 Å². The van der Waals surface area contributed by atoms with Crippen molar-refractivity contribution in [3.8, 4) is 0 Å². The Kier molecular flexibility index (Phi) is 57.9. The van der Waals surface area contributed by atoms with E-state index in [0.29, 0.717) is 19.3 Å². The third-order valence-electron chi connectivity index (χ3n) is 12.7. The number of carbonyl (C=O) groups excluding carboxylic acids is 3. The van der Waals surface area contributed by atoms with Gasteiger partial charge >= 0.3 is 17.9 Å². The molecule has 0 aromatic carbocycles. The van der Waals surface area contributed by atoms with Gasteiger partial charge in [-0.15, -0.1) is 0 Å². The fraction of sp³-hybridized carbons (Fsp3) is 0.662. The van der Waals surface area contributed by atoms with Crippen LogP contribution in [0.4, 0.5) is 0 Å². The van der Waals surface area contributed by atoms with Crippen LogP contribution in [0.25, 0.3) is 0 Å². The van der Waals surface area contributed by atoms with Crippen LogP contribution in [0.5, 0.6) is 0 Å². The maximum atomic E-state index is 12.8. The van der Waals surface area contributed by atoms with Crippen LogP contribution in [-0.4, -0.2) is 37.2 Å². The second-order valence-electron chi connectivity index (χ2n) is 19.9. The Bertz CT molecular complexity index is 1550. The maximum absolute atomic E-state index is 12.8. The van der Waals surface area contributed by atoms with E-state index in [1.807, 2.05) is 0 Å². The van der Waals surface area contributed by atoms with Gasteiger partial charge in [0.2, 0.25) is 0 Å². The Morgan fingerprint density at radius 3 is 0.851 bits per heavy atom. The molecule has 0 amide bonds. The van der Waals surface area contributed by atoms with Crippen molar-refractivity contribution >= 4 is 17.9 Å². The van der Waals surface area contributed by atoms with E-state index >= 15 is 0 Å². The highest BCUT2D eigenvalue weighted by Gasteiger charge is 2.19. The molecule has 0 spiro atoms. The molecule has 74 heavy (non-hydrogen) atoms. The molecule has 0 aromatic rings. The van der Waals surface area contributed by atoms with Crippen molar-refractivity contribution in [2.45, 2.75) is 277 Å². The molecule has 0 radical (unpaired) electrons. The van der Waals surface area contributed by atoms with Crippen molar-refractivity contribution in [3.63, 3.8) is 0 Å². The van der Waals surface area contributed by atoms with E-state index in [1.54, 1.807) is 0 Å². The predicted octanol–water partition coefficient (Wildman–Crippen LogP) is 20.8. The monoisotopic (exact) mass is 1020 g/mol. The fourth-order valence-electron chi connectivity index (χ4n) is 8.13. The average molecular weight is 1030 g/mol. The van der Waals surface area contributed by atoms with Crippen molar-refractivity contribution < 1.29 is 28.6 Å². The minimum absolute atomic E-state index is 0.0920. The summed E-state index contributed by atoms with van der Waals surface area (Å²) in [7, 11) is 0. The summed E-state index contributed by atoms with van der Waals surface area (Å²) in [6.45, 7) is 6.47. The van der Waals surface area contributed by atoms with E-state index in [-0.39, 0.29) is 31.1 Å². The molecule has 1 unspecified atom stereocenters.